The van der Waals surface area contributed by atoms with Crippen LogP contribution in [-0.4, -0.2) is 43.1 Å². The SMILES string of the molecule is CC1CCc2c(sc3ncn4c(=O)n(CC(=O)N5CCCC5)nc4c23)C1. The molecule has 1 aliphatic carbocycles. The van der Waals surface area contributed by atoms with Crippen molar-refractivity contribution in [2.45, 2.75) is 45.6 Å². The lowest BCUT2D eigenvalue weighted by Crippen LogP contribution is -2.34. The van der Waals surface area contributed by atoms with E-state index in [-0.39, 0.29) is 18.1 Å². The van der Waals surface area contributed by atoms with E-state index in [1.54, 1.807) is 17.7 Å². The van der Waals surface area contributed by atoms with Crippen LogP contribution in [0.1, 0.15) is 36.6 Å². The standard InChI is InChI=1S/C18H21N5O2S/c1-11-4-5-12-13(8-11)26-17-15(12)16-20-23(18(25)22(16)10-19-17)9-14(24)21-6-2-3-7-21/h10-11H,2-9H2,1H3. The zero-order valence-corrected chi connectivity index (χ0v) is 15.6. The number of nitrogens with zero attached hydrogens (tertiary/aromatic N) is 5. The highest BCUT2D eigenvalue weighted by atomic mass is 32.1. The van der Waals surface area contributed by atoms with Gasteiger partial charge in [-0.1, -0.05) is 6.92 Å². The molecular weight excluding hydrogens is 350 g/mol. The Labute approximate surface area is 154 Å². The van der Waals surface area contributed by atoms with E-state index in [0.717, 1.165) is 55.4 Å². The quantitative estimate of drug-likeness (QED) is 0.689. The number of amides is 1. The number of hydrogen-bond donors (Lipinski definition) is 0. The maximum atomic E-state index is 12.7. The average molecular weight is 371 g/mol. The Morgan fingerprint density at radius 3 is 2.96 bits per heavy atom. The van der Waals surface area contributed by atoms with Crippen molar-refractivity contribution in [2.75, 3.05) is 13.1 Å². The summed E-state index contributed by atoms with van der Waals surface area (Å²) in [4.78, 5) is 33.8. The van der Waals surface area contributed by atoms with Crippen LogP contribution in [0.5, 0.6) is 0 Å². The molecule has 136 valence electrons. The first kappa shape index (κ1) is 16.0. The molecule has 4 heterocycles. The first-order valence-electron chi connectivity index (χ1n) is 9.28. The number of likely N-dealkylation sites (tertiary alicyclic amines) is 1. The van der Waals surface area contributed by atoms with Gasteiger partial charge >= 0.3 is 5.69 Å². The van der Waals surface area contributed by atoms with Crippen LogP contribution in [-0.2, 0) is 24.2 Å². The van der Waals surface area contributed by atoms with E-state index in [2.05, 4.69) is 17.0 Å². The van der Waals surface area contributed by atoms with Gasteiger partial charge in [0.05, 0.1) is 5.39 Å². The summed E-state index contributed by atoms with van der Waals surface area (Å²) in [5.41, 5.74) is 1.65. The Balaban J connectivity index is 1.61. The van der Waals surface area contributed by atoms with E-state index in [9.17, 15) is 9.59 Å². The van der Waals surface area contributed by atoms with Crippen molar-refractivity contribution in [3.05, 3.63) is 27.3 Å². The number of thiophene rings is 1. The van der Waals surface area contributed by atoms with Gasteiger partial charge in [-0.25, -0.2) is 18.9 Å². The predicted octanol–water partition coefficient (Wildman–Crippen LogP) is 1.85. The summed E-state index contributed by atoms with van der Waals surface area (Å²) in [6.07, 6.45) is 6.85. The molecule has 0 aromatic carbocycles. The van der Waals surface area contributed by atoms with Crippen molar-refractivity contribution in [3.63, 3.8) is 0 Å². The maximum Gasteiger partial charge on any atom is 0.352 e. The Hall–Kier alpha value is -2.22. The van der Waals surface area contributed by atoms with Crippen molar-refractivity contribution in [1.82, 2.24) is 24.1 Å². The molecule has 1 aliphatic heterocycles. The summed E-state index contributed by atoms with van der Waals surface area (Å²) >= 11 is 1.72. The molecule has 0 bridgehead atoms. The smallest absolute Gasteiger partial charge is 0.341 e. The van der Waals surface area contributed by atoms with E-state index in [1.807, 2.05) is 4.90 Å². The van der Waals surface area contributed by atoms with Crippen LogP contribution in [0.25, 0.3) is 15.9 Å². The fourth-order valence-electron chi connectivity index (χ4n) is 4.16. The van der Waals surface area contributed by atoms with Gasteiger partial charge in [-0.2, -0.15) is 0 Å². The van der Waals surface area contributed by atoms with E-state index in [1.165, 1.54) is 19.5 Å². The Kier molecular flexibility index (Phi) is 3.63. The van der Waals surface area contributed by atoms with Crippen LogP contribution in [0.15, 0.2) is 11.1 Å². The van der Waals surface area contributed by atoms with Gasteiger partial charge in [-0.3, -0.25) is 4.79 Å². The topological polar surface area (TPSA) is 72.5 Å². The van der Waals surface area contributed by atoms with Gasteiger partial charge in [0.15, 0.2) is 5.65 Å². The summed E-state index contributed by atoms with van der Waals surface area (Å²) in [6, 6.07) is 0. The highest BCUT2D eigenvalue weighted by molar-refractivity contribution is 7.19. The fraction of sp³-hybridized carbons (Fsp3) is 0.556. The van der Waals surface area contributed by atoms with Crippen molar-refractivity contribution in [3.8, 4) is 0 Å². The van der Waals surface area contributed by atoms with Crippen LogP contribution in [0.2, 0.25) is 0 Å². The van der Waals surface area contributed by atoms with E-state index >= 15 is 0 Å². The highest BCUT2D eigenvalue weighted by Crippen LogP contribution is 2.38. The van der Waals surface area contributed by atoms with Crippen molar-refractivity contribution >= 4 is 33.1 Å². The van der Waals surface area contributed by atoms with Crippen molar-refractivity contribution < 1.29 is 4.79 Å². The lowest BCUT2D eigenvalue weighted by molar-refractivity contribution is -0.131. The number of fused-ring (bicyclic) bond motifs is 5. The zero-order valence-electron chi connectivity index (χ0n) is 14.8. The second-order valence-electron chi connectivity index (χ2n) is 7.50. The molecule has 1 saturated heterocycles. The molecule has 8 heteroatoms. The van der Waals surface area contributed by atoms with Crippen molar-refractivity contribution in [1.29, 1.82) is 0 Å². The molecule has 5 rings (SSSR count). The van der Waals surface area contributed by atoms with Crippen LogP contribution in [0.3, 0.4) is 0 Å². The van der Waals surface area contributed by atoms with Crippen molar-refractivity contribution in [2.24, 2.45) is 5.92 Å². The summed E-state index contributed by atoms with van der Waals surface area (Å²) in [5, 5.41) is 5.54. The van der Waals surface area contributed by atoms with Crippen LogP contribution < -0.4 is 5.69 Å². The normalized spacial score (nSPS) is 20.2. The minimum absolute atomic E-state index is 0.00533. The molecule has 0 spiro atoms. The number of carbonyl (C=O) groups excluding carboxylic acids is 1. The summed E-state index contributed by atoms with van der Waals surface area (Å²) in [7, 11) is 0. The molecule has 7 nitrogen and oxygen atoms in total. The maximum absolute atomic E-state index is 12.7. The van der Waals surface area contributed by atoms with E-state index in [4.69, 9.17) is 0 Å². The third-order valence-corrected chi connectivity index (χ3v) is 6.78. The minimum atomic E-state index is -0.286. The number of rotatable bonds is 2. The first-order valence-corrected chi connectivity index (χ1v) is 10.1. The zero-order chi connectivity index (χ0) is 17.8. The second-order valence-corrected chi connectivity index (χ2v) is 8.58. The second kappa shape index (κ2) is 5.90. The Morgan fingerprint density at radius 2 is 2.15 bits per heavy atom. The molecule has 2 aliphatic rings. The van der Waals surface area contributed by atoms with Gasteiger partial charge in [0.25, 0.3) is 0 Å². The molecule has 26 heavy (non-hydrogen) atoms. The van der Waals surface area contributed by atoms with Crippen LogP contribution >= 0.6 is 11.3 Å². The van der Waals surface area contributed by atoms with E-state index in [0.29, 0.717) is 11.6 Å². The first-order chi connectivity index (χ1) is 12.6. The molecule has 0 N–H and O–H groups in total. The van der Waals surface area contributed by atoms with Gasteiger partial charge in [0.1, 0.15) is 17.7 Å². The number of aromatic nitrogens is 4. The summed E-state index contributed by atoms with van der Waals surface area (Å²) in [6.45, 7) is 3.84. The molecule has 3 aromatic rings. The van der Waals surface area contributed by atoms with Gasteiger partial charge in [-0.05, 0) is 43.6 Å². The van der Waals surface area contributed by atoms with Gasteiger partial charge in [0, 0.05) is 18.0 Å². The minimum Gasteiger partial charge on any atom is -0.341 e. The Morgan fingerprint density at radius 1 is 1.35 bits per heavy atom. The number of aryl methyl sites for hydroxylation is 1. The molecule has 1 atom stereocenters. The predicted molar refractivity (Wildman–Crippen MR) is 99.6 cm³/mol. The van der Waals surface area contributed by atoms with Crippen LogP contribution in [0, 0.1) is 5.92 Å². The molecule has 1 amide bonds. The molecule has 1 fully saturated rings. The lowest BCUT2D eigenvalue weighted by atomic mass is 9.89. The summed E-state index contributed by atoms with van der Waals surface area (Å²) < 4.78 is 2.79. The number of hydrogen-bond acceptors (Lipinski definition) is 5. The average Bonchev–Trinajstić information content (AvgIpc) is 3.33. The number of carbonyl (C=O) groups is 1. The van der Waals surface area contributed by atoms with Gasteiger partial charge < -0.3 is 4.90 Å². The fourth-order valence-corrected chi connectivity index (χ4v) is 5.51. The lowest BCUT2D eigenvalue weighted by Gasteiger charge is -2.17. The largest absolute Gasteiger partial charge is 0.352 e. The highest BCUT2D eigenvalue weighted by Gasteiger charge is 2.25. The third kappa shape index (κ3) is 2.39. The molecular formula is C18H21N5O2S. The van der Waals surface area contributed by atoms with Gasteiger partial charge in [0.2, 0.25) is 5.91 Å². The molecule has 0 radical (unpaired) electrons. The Bertz CT molecular complexity index is 1070. The van der Waals surface area contributed by atoms with E-state index < -0.39 is 0 Å². The summed E-state index contributed by atoms with van der Waals surface area (Å²) in [5.74, 6) is 0.655. The molecule has 3 aromatic heterocycles. The van der Waals surface area contributed by atoms with Gasteiger partial charge in [-0.15, -0.1) is 16.4 Å². The third-order valence-electron chi connectivity index (χ3n) is 5.62. The van der Waals surface area contributed by atoms with Crippen LogP contribution in [0.4, 0.5) is 0 Å². The molecule has 1 unspecified atom stereocenters. The molecule has 0 saturated carbocycles. The monoisotopic (exact) mass is 371 g/mol.